The van der Waals surface area contributed by atoms with Crippen molar-refractivity contribution in [2.45, 2.75) is 13.5 Å². The average molecular weight is 322 g/mol. The molecule has 0 bridgehead atoms. The standard InChI is InChI=1S/C18H22N6/c1-14-10-11-24(21-14)18-9-8-17(19-20-18)23(4)13-15-6-5-7-16(12-15)22(2)3/h5-12H,13H2,1-4H3. The largest absolute Gasteiger partial charge is 0.378 e. The summed E-state index contributed by atoms with van der Waals surface area (Å²) >= 11 is 0. The highest BCUT2D eigenvalue weighted by molar-refractivity contribution is 5.48. The predicted octanol–water partition coefficient (Wildman–Crippen LogP) is 2.67. The van der Waals surface area contributed by atoms with Gasteiger partial charge in [-0.15, -0.1) is 10.2 Å². The molecule has 0 radical (unpaired) electrons. The zero-order chi connectivity index (χ0) is 17.1. The lowest BCUT2D eigenvalue weighted by molar-refractivity contribution is 0.789. The van der Waals surface area contributed by atoms with Gasteiger partial charge in [-0.25, -0.2) is 4.68 Å². The molecule has 6 nitrogen and oxygen atoms in total. The molecule has 1 aromatic carbocycles. The second kappa shape index (κ2) is 6.70. The minimum atomic E-state index is 0.717. The van der Waals surface area contributed by atoms with Crippen molar-refractivity contribution in [3.63, 3.8) is 0 Å². The molecule has 0 aliphatic rings. The van der Waals surface area contributed by atoms with Crippen LogP contribution in [0.2, 0.25) is 0 Å². The third-order valence-electron chi connectivity index (χ3n) is 3.83. The summed E-state index contributed by atoms with van der Waals surface area (Å²) in [7, 11) is 6.11. The molecule has 0 unspecified atom stereocenters. The van der Waals surface area contributed by atoms with Gasteiger partial charge in [-0.2, -0.15) is 5.10 Å². The molecule has 2 aromatic heterocycles. The fraction of sp³-hybridized carbons (Fsp3) is 0.278. The lowest BCUT2D eigenvalue weighted by Gasteiger charge is -2.19. The maximum absolute atomic E-state index is 4.35. The van der Waals surface area contributed by atoms with E-state index >= 15 is 0 Å². The van der Waals surface area contributed by atoms with Crippen molar-refractivity contribution in [3.05, 3.63) is 59.9 Å². The third-order valence-corrected chi connectivity index (χ3v) is 3.83. The molecule has 0 saturated carbocycles. The van der Waals surface area contributed by atoms with Crippen LogP contribution in [0.15, 0.2) is 48.7 Å². The van der Waals surface area contributed by atoms with E-state index in [0.29, 0.717) is 0 Å². The van der Waals surface area contributed by atoms with Gasteiger partial charge in [0.15, 0.2) is 11.6 Å². The van der Waals surface area contributed by atoms with Gasteiger partial charge >= 0.3 is 0 Å². The van der Waals surface area contributed by atoms with E-state index in [1.807, 2.05) is 52.5 Å². The van der Waals surface area contributed by atoms with Gasteiger partial charge in [-0.1, -0.05) is 12.1 Å². The van der Waals surface area contributed by atoms with Gasteiger partial charge < -0.3 is 9.80 Å². The number of nitrogens with zero attached hydrogens (tertiary/aromatic N) is 6. The van der Waals surface area contributed by atoms with E-state index in [9.17, 15) is 0 Å². The molecule has 0 spiro atoms. The van der Waals surface area contributed by atoms with Gasteiger partial charge in [0.05, 0.1) is 5.69 Å². The number of rotatable bonds is 5. The summed E-state index contributed by atoms with van der Waals surface area (Å²) in [4.78, 5) is 4.18. The molecular formula is C18H22N6. The Hall–Kier alpha value is -2.89. The number of hydrogen-bond donors (Lipinski definition) is 0. The Morgan fingerprint density at radius 3 is 2.46 bits per heavy atom. The maximum Gasteiger partial charge on any atom is 0.175 e. The Bertz CT molecular complexity index is 806. The first-order chi connectivity index (χ1) is 11.5. The molecule has 3 aromatic rings. The first kappa shape index (κ1) is 16.0. The number of hydrogen-bond acceptors (Lipinski definition) is 5. The molecule has 124 valence electrons. The van der Waals surface area contributed by atoms with E-state index in [4.69, 9.17) is 0 Å². The van der Waals surface area contributed by atoms with Crippen molar-refractivity contribution in [2.24, 2.45) is 0 Å². The lowest BCUT2D eigenvalue weighted by Crippen LogP contribution is -2.19. The molecular weight excluding hydrogens is 300 g/mol. The second-order valence-electron chi connectivity index (χ2n) is 6.07. The number of anilines is 2. The van der Waals surface area contributed by atoms with Gasteiger partial charge in [0.2, 0.25) is 0 Å². The van der Waals surface area contributed by atoms with Gasteiger partial charge in [0.1, 0.15) is 0 Å². The van der Waals surface area contributed by atoms with Gasteiger partial charge in [-0.3, -0.25) is 0 Å². The van der Waals surface area contributed by atoms with E-state index in [1.165, 1.54) is 11.3 Å². The van der Waals surface area contributed by atoms with Crippen molar-refractivity contribution < 1.29 is 0 Å². The van der Waals surface area contributed by atoms with Crippen molar-refractivity contribution in [1.29, 1.82) is 0 Å². The van der Waals surface area contributed by atoms with Crippen molar-refractivity contribution in [3.8, 4) is 5.82 Å². The normalized spacial score (nSPS) is 10.7. The second-order valence-corrected chi connectivity index (χ2v) is 6.07. The molecule has 2 heterocycles. The van der Waals surface area contributed by atoms with Crippen LogP contribution in [-0.2, 0) is 6.54 Å². The summed E-state index contributed by atoms with van der Waals surface area (Å²) in [5, 5.41) is 12.9. The van der Waals surface area contributed by atoms with Gasteiger partial charge in [-0.05, 0) is 42.8 Å². The lowest BCUT2D eigenvalue weighted by atomic mass is 10.2. The monoisotopic (exact) mass is 322 g/mol. The molecule has 0 aliphatic carbocycles. The summed E-state index contributed by atoms with van der Waals surface area (Å²) in [6.07, 6.45) is 1.88. The maximum atomic E-state index is 4.35. The van der Waals surface area contributed by atoms with Gasteiger partial charge in [0.25, 0.3) is 0 Å². The first-order valence-corrected chi connectivity index (χ1v) is 7.87. The highest BCUT2D eigenvalue weighted by atomic mass is 15.4. The van der Waals surface area contributed by atoms with Crippen LogP contribution in [0.1, 0.15) is 11.3 Å². The molecule has 0 N–H and O–H groups in total. The summed E-state index contributed by atoms with van der Waals surface area (Å²) < 4.78 is 1.73. The number of aromatic nitrogens is 4. The average Bonchev–Trinajstić information content (AvgIpc) is 3.01. The Balaban J connectivity index is 1.73. The van der Waals surface area contributed by atoms with E-state index in [1.54, 1.807) is 4.68 Å². The summed E-state index contributed by atoms with van der Waals surface area (Å²) in [6, 6.07) is 14.3. The van der Waals surface area contributed by atoms with Crippen LogP contribution in [0.5, 0.6) is 0 Å². The molecule has 6 heteroatoms. The predicted molar refractivity (Wildman–Crippen MR) is 96.8 cm³/mol. The van der Waals surface area contributed by atoms with Crippen LogP contribution < -0.4 is 9.80 Å². The Labute approximate surface area is 142 Å². The molecule has 3 rings (SSSR count). The molecule has 0 aliphatic heterocycles. The topological polar surface area (TPSA) is 50.1 Å². The SMILES string of the molecule is Cc1ccn(-c2ccc(N(C)Cc3cccc(N(C)C)c3)nn2)n1. The van der Waals surface area contributed by atoms with E-state index in [-0.39, 0.29) is 0 Å². The van der Waals surface area contributed by atoms with Crippen molar-refractivity contribution >= 4 is 11.5 Å². The first-order valence-electron chi connectivity index (χ1n) is 7.87. The van der Waals surface area contributed by atoms with E-state index in [0.717, 1.165) is 23.9 Å². The van der Waals surface area contributed by atoms with Crippen molar-refractivity contribution in [1.82, 2.24) is 20.0 Å². The Morgan fingerprint density at radius 1 is 1.00 bits per heavy atom. The fourth-order valence-corrected chi connectivity index (χ4v) is 2.47. The van der Waals surface area contributed by atoms with Crippen LogP contribution in [0.25, 0.3) is 5.82 Å². The zero-order valence-corrected chi connectivity index (χ0v) is 14.5. The van der Waals surface area contributed by atoms with E-state index in [2.05, 4.69) is 49.4 Å². The minimum Gasteiger partial charge on any atom is -0.378 e. The molecule has 0 fully saturated rings. The quantitative estimate of drug-likeness (QED) is 0.723. The molecule has 24 heavy (non-hydrogen) atoms. The molecule has 0 saturated heterocycles. The smallest absolute Gasteiger partial charge is 0.175 e. The van der Waals surface area contributed by atoms with Crippen LogP contribution >= 0.6 is 0 Å². The van der Waals surface area contributed by atoms with Gasteiger partial charge in [0, 0.05) is 39.6 Å². The molecule has 0 atom stereocenters. The Morgan fingerprint density at radius 2 is 1.83 bits per heavy atom. The van der Waals surface area contributed by atoms with Crippen LogP contribution in [0.4, 0.5) is 11.5 Å². The minimum absolute atomic E-state index is 0.717. The summed E-state index contributed by atoms with van der Waals surface area (Å²) in [6.45, 7) is 2.73. The fourth-order valence-electron chi connectivity index (χ4n) is 2.47. The van der Waals surface area contributed by atoms with Crippen LogP contribution in [-0.4, -0.2) is 41.1 Å². The Kier molecular flexibility index (Phi) is 4.46. The number of aryl methyl sites for hydroxylation is 1. The zero-order valence-electron chi connectivity index (χ0n) is 14.5. The third kappa shape index (κ3) is 3.53. The molecule has 0 amide bonds. The number of benzene rings is 1. The highest BCUT2D eigenvalue weighted by Crippen LogP contribution is 2.17. The highest BCUT2D eigenvalue weighted by Gasteiger charge is 2.07. The van der Waals surface area contributed by atoms with Crippen molar-refractivity contribution in [2.75, 3.05) is 30.9 Å². The summed E-state index contributed by atoms with van der Waals surface area (Å²) in [5.41, 5.74) is 3.38. The summed E-state index contributed by atoms with van der Waals surface area (Å²) in [5.74, 6) is 1.55. The van der Waals surface area contributed by atoms with E-state index < -0.39 is 0 Å². The van der Waals surface area contributed by atoms with Crippen LogP contribution in [0.3, 0.4) is 0 Å². The van der Waals surface area contributed by atoms with Crippen LogP contribution in [0, 0.1) is 6.92 Å².